The Bertz CT molecular complexity index is 712. The molecular formula is C29H43NO2. The number of carbonyl (C=O) groups excluding carboxylic acids is 1. The van der Waals surface area contributed by atoms with Crippen LogP contribution in [-0.4, -0.2) is 12.5 Å². The fourth-order valence-corrected chi connectivity index (χ4v) is 3.92. The van der Waals surface area contributed by atoms with Crippen LogP contribution in [0.5, 0.6) is 5.75 Å². The number of esters is 1. The largest absolute Gasteiger partial charge is 0.427 e. The monoisotopic (exact) mass is 437 g/mol. The number of nitrogens with one attached hydrogen (secondary N) is 1. The van der Waals surface area contributed by atoms with Gasteiger partial charge >= 0.3 is 5.97 Å². The summed E-state index contributed by atoms with van der Waals surface area (Å²) < 4.78 is 5.33. The van der Waals surface area contributed by atoms with E-state index < -0.39 is 0 Å². The third kappa shape index (κ3) is 12.5. The zero-order valence-corrected chi connectivity index (χ0v) is 20.1. The Morgan fingerprint density at radius 3 is 1.94 bits per heavy atom. The average Bonchev–Trinajstić information content (AvgIpc) is 2.81. The lowest BCUT2D eigenvalue weighted by Gasteiger charge is -2.08. The maximum Gasteiger partial charge on any atom is 0.311 e. The van der Waals surface area contributed by atoms with Gasteiger partial charge in [-0.05, 0) is 49.1 Å². The highest BCUT2D eigenvalue weighted by Crippen LogP contribution is 2.15. The molecule has 0 saturated carbocycles. The summed E-state index contributed by atoms with van der Waals surface area (Å²) in [5, 5.41) is 3.53. The number of para-hydroxylation sites is 1. The second-order valence-electron chi connectivity index (χ2n) is 8.80. The number of hydrogen-bond acceptors (Lipinski definition) is 3. The molecule has 0 amide bonds. The van der Waals surface area contributed by atoms with Gasteiger partial charge in [-0.2, -0.15) is 0 Å². The van der Waals surface area contributed by atoms with Crippen LogP contribution >= 0.6 is 0 Å². The molecule has 32 heavy (non-hydrogen) atoms. The first kappa shape index (κ1) is 26.0. The van der Waals surface area contributed by atoms with Crippen LogP contribution in [0.2, 0.25) is 0 Å². The van der Waals surface area contributed by atoms with E-state index in [0.29, 0.717) is 12.2 Å². The van der Waals surface area contributed by atoms with E-state index in [4.69, 9.17) is 4.74 Å². The molecule has 0 unspecified atom stereocenters. The van der Waals surface area contributed by atoms with Crippen LogP contribution in [0.3, 0.4) is 0 Å². The molecule has 0 aromatic heterocycles. The summed E-state index contributed by atoms with van der Waals surface area (Å²) in [6.45, 7) is 3.32. The molecule has 0 spiro atoms. The summed E-state index contributed by atoms with van der Waals surface area (Å²) in [6, 6.07) is 17.9. The maximum absolute atomic E-state index is 11.9. The molecule has 3 nitrogen and oxygen atoms in total. The van der Waals surface area contributed by atoms with Crippen molar-refractivity contribution in [1.29, 1.82) is 0 Å². The lowest BCUT2D eigenvalue weighted by atomic mass is 10.1. The van der Waals surface area contributed by atoms with E-state index in [9.17, 15) is 4.79 Å². The Balaban J connectivity index is 1.45. The first-order valence-corrected chi connectivity index (χ1v) is 12.9. The molecule has 0 heterocycles. The molecule has 2 aromatic rings. The topological polar surface area (TPSA) is 38.3 Å². The number of rotatable bonds is 18. The number of unbranched alkanes of at least 4 members (excludes halogenated alkanes) is 10. The molecule has 0 fully saturated rings. The molecule has 2 aromatic carbocycles. The molecule has 0 saturated heterocycles. The molecular weight excluding hydrogens is 394 g/mol. The Morgan fingerprint density at radius 1 is 0.719 bits per heavy atom. The minimum Gasteiger partial charge on any atom is -0.427 e. The fourth-order valence-electron chi connectivity index (χ4n) is 3.92. The normalized spacial score (nSPS) is 10.8. The van der Waals surface area contributed by atoms with Crippen molar-refractivity contribution in [2.45, 2.75) is 96.8 Å². The third-order valence-corrected chi connectivity index (χ3v) is 5.88. The standard InChI is InChI=1S/C29H43NO2/c1-2-3-4-5-6-7-8-9-10-11-15-25-30-27-23-21-26(22-24-27)17-16-20-29(31)32-28-18-13-12-14-19-28/h12-14,18-19,21-24,30H,2-11,15-17,20,25H2,1H3. The van der Waals surface area contributed by atoms with Gasteiger partial charge in [0.15, 0.2) is 0 Å². The molecule has 0 aliphatic carbocycles. The second kappa shape index (κ2) is 17.3. The van der Waals surface area contributed by atoms with Crippen LogP contribution < -0.4 is 10.1 Å². The van der Waals surface area contributed by atoms with Gasteiger partial charge in [-0.25, -0.2) is 0 Å². The lowest BCUT2D eigenvalue weighted by Crippen LogP contribution is -2.08. The molecule has 0 bridgehead atoms. The van der Waals surface area contributed by atoms with Gasteiger partial charge < -0.3 is 10.1 Å². The number of aryl methyl sites for hydroxylation is 1. The van der Waals surface area contributed by atoms with Crippen molar-refractivity contribution in [3.05, 3.63) is 60.2 Å². The maximum atomic E-state index is 11.9. The highest BCUT2D eigenvalue weighted by Gasteiger charge is 2.05. The highest BCUT2D eigenvalue weighted by atomic mass is 16.5. The van der Waals surface area contributed by atoms with Crippen molar-refractivity contribution in [1.82, 2.24) is 0 Å². The Labute approximate surface area is 196 Å². The van der Waals surface area contributed by atoms with Crippen LogP contribution in [0.15, 0.2) is 54.6 Å². The number of benzene rings is 2. The van der Waals surface area contributed by atoms with Gasteiger partial charge in [0.2, 0.25) is 0 Å². The Kier molecular flexibility index (Phi) is 14.0. The highest BCUT2D eigenvalue weighted by molar-refractivity contribution is 5.72. The minimum atomic E-state index is -0.165. The van der Waals surface area contributed by atoms with Gasteiger partial charge in [0, 0.05) is 18.7 Å². The van der Waals surface area contributed by atoms with Crippen LogP contribution in [0, 0.1) is 0 Å². The van der Waals surface area contributed by atoms with Crippen molar-refractivity contribution in [3.63, 3.8) is 0 Å². The van der Waals surface area contributed by atoms with Crippen LogP contribution in [-0.2, 0) is 11.2 Å². The molecule has 0 radical (unpaired) electrons. The van der Waals surface area contributed by atoms with Gasteiger partial charge in [0.05, 0.1) is 0 Å². The van der Waals surface area contributed by atoms with Gasteiger partial charge in [-0.1, -0.05) is 101 Å². The zero-order valence-electron chi connectivity index (χ0n) is 20.1. The van der Waals surface area contributed by atoms with Crippen LogP contribution in [0.4, 0.5) is 5.69 Å². The fraction of sp³-hybridized carbons (Fsp3) is 0.552. The van der Waals surface area contributed by atoms with Gasteiger partial charge in [-0.15, -0.1) is 0 Å². The third-order valence-electron chi connectivity index (χ3n) is 5.88. The van der Waals surface area contributed by atoms with Gasteiger partial charge in [-0.3, -0.25) is 4.79 Å². The summed E-state index contributed by atoms with van der Waals surface area (Å²) >= 11 is 0. The summed E-state index contributed by atoms with van der Waals surface area (Å²) in [7, 11) is 0. The summed E-state index contributed by atoms with van der Waals surface area (Å²) in [5.74, 6) is 0.451. The first-order chi connectivity index (χ1) is 15.8. The Morgan fingerprint density at radius 2 is 1.31 bits per heavy atom. The van der Waals surface area contributed by atoms with E-state index in [2.05, 4.69) is 36.5 Å². The lowest BCUT2D eigenvalue weighted by molar-refractivity contribution is -0.134. The smallest absolute Gasteiger partial charge is 0.311 e. The van der Waals surface area contributed by atoms with E-state index >= 15 is 0 Å². The molecule has 0 aliphatic rings. The van der Waals surface area contributed by atoms with Crippen LogP contribution in [0.1, 0.15) is 96.0 Å². The SMILES string of the molecule is CCCCCCCCCCCCCNc1ccc(CCCC(=O)Oc2ccccc2)cc1. The summed E-state index contributed by atoms with van der Waals surface area (Å²) in [4.78, 5) is 11.9. The van der Waals surface area contributed by atoms with Crippen molar-refractivity contribution < 1.29 is 9.53 Å². The van der Waals surface area contributed by atoms with Gasteiger partial charge in [0.25, 0.3) is 0 Å². The summed E-state index contributed by atoms with van der Waals surface area (Å²) in [6.07, 6.45) is 17.3. The van der Waals surface area contributed by atoms with Crippen molar-refractivity contribution in [3.8, 4) is 5.75 Å². The van der Waals surface area contributed by atoms with Crippen LogP contribution in [0.25, 0.3) is 0 Å². The molecule has 176 valence electrons. The first-order valence-electron chi connectivity index (χ1n) is 12.9. The van der Waals surface area contributed by atoms with E-state index in [1.807, 2.05) is 18.2 Å². The predicted molar refractivity (Wildman–Crippen MR) is 136 cm³/mol. The number of carbonyl (C=O) groups is 1. The van der Waals surface area contributed by atoms with E-state index in [1.54, 1.807) is 12.1 Å². The molecule has 3 heteroatoms. The minimum absolute atomic E-state index is 0.165. The van der Waals surface area contributed by atoms with E-state index in [1.165, 1.54) is 81.9 Å². The Hall–Kier alpha value is -2.29. The zero-order chi connectivity index (χ0) is 22.7. The van der Waals surface area contributed by atoms with Crippen molar-refractivity contribution in [2.75, 3.05) is 11.9 Å². The molecule has 0 atom stereocenters. The molecule has 0 aliphatic heterocycles. The molecule has 2 rings (SSSR count). The molecule has 1 N–H and O–H groups in total. The van der Waals surface area contributed by atoms with Crippen molar-refractivity contribution >= 4 is 11.7 Å². The summed E-state index contributed by atoms with van der Waals surface area (Å²) in [5.41, 5.74) is 2.45. The number of hydrogen-bond donors (Lipinski definition) is 1. The quantitative estimate of drug-likeness (QED) is 0.145. The van der Waals surface area contributed by atoms with Crippen molar-refractivity contribution in [2.24, 2.45) is 0 Å². The van der Waals surface area contributed by atoms with Gasteiger partial charge in [0.1, 0.15) is 5.75 Å². The predicted octanol–water partition coefficient (Wildman–Crippen LogP) is 8.34. The van der Waals surface area contributed by atoms with E-state index in [0.717, 1.165) is 19.4 Å². The number of ether oxygens (including phenoxy) is 1. The number of anilines is 1. The van der Waals surface area contributed by atoms with E-state index in [-0.39, 0.29) is 5.97 Å². The second-order valence-corrected chi connectivity index (χ2v) is 8.80. The average molecular weight is 438 g/mol.